The fourth-order valence-corrected chi connectivity index (χ4v) is 6.57. The molecule has 1 aromatic carbocycles. The van der Waals surface area contributed by atoms with Gasteiger partial charge in [-0.1, -0.05) is 11.2 Å². The molecule has 272 valence electrons. The van der Waals surface area contributed by atoms with Gasteiger partial charge >= 0.3 is 14.0 Å². The zero-order valence-electron chi connectivity index (χ0n) is 27.3. The maximum absolute atomic E-state index is 14.3. The molecule has 4 heterocycles. The summed E-state index contributed by atoms with van der Waals surface area (Å²) in [6.07, 6.45) is -1.56. The number of carbonyl (C=O) groups excluding carboxylic acids is 3. The van der Waals surface area contributed by atoms with Crippen LogP contribution in [0.3, 0.4) is 0 Å². The molecule has 1 fully saturated rings. The van der Waals surface area contributed by atoms with Crippen LogP contribution in [0.15, 0.2) is 34.3 Å². The van der Waals surface area contributed by atoms with Gasteiger partial charge in [-0.05, 0) is 39.7 Å². The van der Waals surface area contributed by atoms with Gasteiger partial charge in [0.05, 0.1) is 19.6 Å². The van der Waals surface area contributed by atoms with Crippen LogP contribution >= 0.6 is 7.82 Å². The lowest BCUT2D eigenvalue weighted by molar-refractivity contribution is -0.0659. The average molecular weight is 729 g/mol. The highest BCUT2D eigenvalue weighted by Crippen LogP contribution is 2.46. The number of amides is 2. The normalized spacial score (nSPS) is 22.4. The Balaban J connectivity index is 1.48. The Hall–Kier alpha value is -4.58. The highest BCUT2D eigenvalue weighted by Gasteiger charge is 2.55. The molecule has 17 nitrogen and oxygen atoms in total. The van der Waals surface area contributed by atoms with Gasteiger partial charge in [0, 0.05) is 37.0 Å². The second-order valence-electron chi connectivity index (χ2n) is 12.0. The molecule has 3 N–H and O–H groups in total. The largest absolute Gasteiger partial charge is 0.511 e. The summed E-state index contributed by atoms with van der Waals surface area (Å²) in [5.41, 5.74) is -3.00. The number of fused-ring (bicyclic) bond motifs is 5. The highest BCUT2D eigenvalue weighted by atomic mass is 31.2. The van der Waals surface area contributed by atoms with Crippen molar-refractivity contribution < 1.29 is 65.8 Å². The van der Waals surface area contributed by atoms with E-state index in [0.717, 1.165) is 12.1 Å². The van der Waals surface area contributed by atoms with Crippen LogP contribution < -0.4 is 15.5 Å². The molecule has 2 bridgehead atoms. The van der Waals surface area contributed by atoms with E-state index < -0.39 is 91.4 Å². The fourth-order valence-electron chi connectivity index (χ4n) is 5.97. The number of phosphoric ester groups is 1. The fraction of sp³-hybridized carbons (Fsp3) is 0.500. The first-order valence-corrected chi connectivity index (χ1v) is 16.9. The number of oxime groups is 1. The first-order valence-electron chi connectivity index (χ1n) is 15.3. The number of aromatic nitrogens is 1. The van der Waals surface area contributed by atoms with Gasteiger partial charge in [0.15, 0.2) is 11.3 Å². The van der Waals surface area contributed by atoms with Gasteiger partial charge in [-0.2, -0.15) is 0 Å². The molecule has 0 radical (unpaired) electrons. The van der Waals surface area contributed by atoms with Gasteiger partial charge < -0.3 is 48.4 Å². The minimum absolute atomic E-state index is 0.0675. The number of carbonyl (C=O) groups is 3. The second-order valence-corrected chi connectivity index (χ2v) is 13.2. The standard InChI is InChI=1S/C30H35F2N4O13P/c1-15-7-8-30(10-23(44-4)34-49-30)22-13-35(15)28(39)24-26(45-14-46-29(40)47-16(2)17(3)48-50(41,42)43)25(37)20(12-36(22)24)27(38)33-11-18-5-6-19(31)9-21(18)32/h5-6,9,12,15-17,22H,7-8,10-11,13-14H2,1-4H3,(H,33,38)(H2,41,42,43)/t15-,16+,17+,22+,30-/m0/s1. The number of methoxy groups -OCH3 is 1. The Bertz CT molecular complexity index is 1820. The average Bonchev–Trinajstić information content (AvgIpc) is 3.42. The van der Waals surface area contributed by atoms with E-state index in [4.69, 9.17) is 33.6 Å². The van der Waals surface area contributed by atoms with Crippen molar-refractivity contribution in [3.63, 3.8) is 0 Å². The molecule has 0 unspecified atom stereocenters. The first-order chi connectivity index (χ1) is 23.5. The summed E-state index contributed by atoms with van der Waals surface area (Å²) in [5.74, 6) is -3.72. The third-order valence-electron chi connectivity index (χ3n) is 8.83. The number of nitrogens with zero attached hydrogens (tertiary/aromatic N) is 3. The molecule has 0 aliphatic carbocycles. The number of ether oxygens (including phenoxy) is 4. The van der Waals surface area contributed by atoms with E-state index >= 15 is 0 Å². The first kappa shape index (κ1) is 36.7. The molecular weight excluding hydrogens is 693 g/mol. The van der Waals surface area contributed by atoms with Crippen molar-refractivity contribution in [2.24, 2.45) is 5.16 Å². The van der Waals surface area contributed by atoms with Crippen molar-refractivity contribution in [2.45, 2.75) is 76.5 Å². The molecule has 3 aliphatic rings. The van der Waals surface area contributed by atoms with Gasteiger partial charge in [0.2, 0.25) is 23.9 Å². The third-order valence-corrected chi connectivity index (χ3v) is 9.43. The van der Waals surface area contributed by atoms with Crippen LogP contribution in [0.2, 0.25) is 0 Å². The molecule has 2 aromatic rings. The van der Waals surface area contributed by atoms with E-state index in [1.54, 1.807) is 0 Å². The number of hydrogen-bond donors (Lipinski definition) is 3. The lowest BCUT2D eigenvalue weighted by Crippen LogP contribution is -2.52. The quantitative estimate of drug-likeness (QED) is 0.183. The van der Waals surface area contributed by atoms with Gasteiger partial charge in [0.1, 0.15) is 29.4 Å². The van der Waals surface area contributed by atoms with Crippen LogP contribution in [0.5, 0.6) is 5.75 Å². The maximum atomic E-state index is 14.3. The lowest BCUT2D eigenvalue weighted by atomic mass is 9.85. The van der Waals surface area contributed by atoms with Gasteiger partial charge in [-0.25, -0.2) is 18.1 Å². The lowest BCUT2D eigenvalue weighted by Gasteiger charge is -2.42. The highest BCUT2D eigenvalue weighted by molar-refractivity contribution is 7.46. The van der Waals surface area contributed by atoms with E-state index in [-0.39, 0.29) is 30.3 Å². The Morgan fingerprint density at radius 2 is 1.96 bits per heavy atom. The SMILES string of the molecule is COC1=NO[C@@]2(CC[C@H](C)N3C[C@H]2n2cc(C(=O)NCc4ccc(F)cc4F)c(=O)c(OCOC(=O)O[C@H](C)[C@@H](C)OP(=O)(O)O)c2C3=O)C1. The van der Waals surface area contributed by atoms with Gasteiger partial charge in [0.25, 0.3) is 11.8 Å². The summed E-state index contributed by atoms with van der Waals surface area (Å²) in [4.78, 5) is 79.2. The summed E-state index contributed by atoms with van der Waals surface area (Å²) in [6.45, 7) is 3.01. The Morgan fingerprint density at radius 1 is 1.22 bits per heavy atom. The zero-order chi connectivity index (χ0) is 36.5. The van der Waals surface area contributed by atoms with Crippen LogP contribution in [0.25, 0.3) is 0 Å². The predicted octanol–water partition coefficient (Wildman–Crippen LogP) is 2.73. The monoisotopic (exact) mass is 728 g/mol. The van der Waals surface area contributed by atoms with E-state index in [1.807, 2.05) is 6.92 Å². The van der Waals surface area contributed by atoms with Gasteiger partial charge in [-0.15, -0.1) is 0 Å². The maximum Gasteiger partial charge on any atom is 0.511 e. The van der Waals surface area contributed by atoms with Gasteiger partial charge in [-0.3, -0.25) is 18.9 Å². The minimum atomic E-state index is -4.89. The second kappa shape index (κ2) is 14.3. The van der Waals surface area contributed by atoms with E-state index in [9.17, 15) is 32.5 Å². The molecule has 2 amide bonds. The molecule has 3 aliphatic heterocycles. The Kier molecular flexibility index (Phi) is 10.5. The summed E-state index contributed by atoms with van der Waals surface area (Å²) >= 11 is 0. The van der Waals surface area contributed by atoms with Crippen LogP contribution in [0, 0.1) is 11.6 Å². The summed E-state index contributed by atoms with van der Waals surface area (Å²) < 4.78 is 65.5. The van der Waals surface area contributed by atoms with Crippen LogP contribution in [0.4, 0.5) is 13.6 Å². The zero-order valence-corrected chi connectivity index (χ0v) is 28.2. The van der Waals surface area contributed by atoms with Crippen molar-refractivity contribution in [3.05, 3.63) is 63.1 Å². The number of nitrogens with one attached hydrogen (secondary N) is 1. The predicted molar refractivity (Wildman–Crippen MR) is 165 cm³/mol. The number of halogens is 2. The number of benzene rings is 1. The third kappa shape index (κ3) is 7.60. The van der Waals surface area contributed by atoms with E-state index in [2.05, 4.69) is 15.0 Å². The number of rotatable bonds is 10. The molecule has 1 aromatic heterocycles. The van der Waals surface area contributed by atoms with Crippen molar-refractivity contribution in [1.29, 1.82) is 0 Å². The minimum Gasteiger partial charge on any atom is -0.482 e. The van der Waals surface area contributed by atoms with Crippen LogP contribution in [-0.4, -0.2) is 87.4 Å². The van der Waals surface area contributed by atoms with Crippen LogP contribution in [0.1, 0.15) is 72.5 Å². The molecule has 1 saturated heterocycles. The van der Waals surface area contributed by atoms with E-state index in [0.29, 0.717) is 24.8 Å². The molecule has 50 heavy (non-hydrogen) atoms. The van der Waals surface area contributed by atoms with Crippen molar-refractivity contribution >= 4 is 31.7 Å². The van der Waals surface area contributed by atoms with Crippen molar-refractivity contribution in [3.8, 4) is 5.75 Å². The Morgan fingerprint density at radius 3 is 2.62 bits per heavy atom. The molecule has 5 rings (SSSR count). The molecule has 20 heteroatoms. The van der Waals surface area contributed by atoms with Crippen LogP contribution in [-0.2, 0) is 34.7 Å². The summed E-state index contributed by atoms with van der Waals surface area (Å²) in [6, 6.07) is 1.71. The molecular formula is C30H35F2N4O13P. The molecule has 0 saturated carbocycles. The van der Waals surface area contributed by atoms with Crippen molar-refractivity contribution in [1.82, 2.24) is 14.8 Å². The van der Waals surface area contributed by atoms with Crippen molar-refractivity contribution in [2.75, 3.05) is 20.4 Å². The molecule has 5 atom stereocenters. The number of hydrogen-bond acceptors (Lipinski definition) is 12. The molecule has 1 spiro atoms. The summed E-state index contributed by atoms with van der Waals surface area (Å²) in [5, 5.41) is 6.48. The smallest absolute Gasteiger partial charge is 0.482 e. The number of phosphoric acid groups is 1. The topological polar surface area (TPSA) is 214 Å². The Labute approximate surface area is 283 Å². The summed E-state index contributed by atoms with van der Waals surface area (Å²) in [7, 11) is -3.47. The van der Waals surface area contributed by atoms with E-state index in [1.165, 1.54) is 36.6 Å². The number of pyridine rings is 1.